The van der Waals surface area contributed by atoms with Gasteiger partial charge in [-0.2, -0.15) is 0 Å². The van der Waals surface area contributed by atoms with E-state index in [-0.39, 0.29) is 12.2 Å². The van der Waals surface area contributed by atoms with Crippen LogP contribution in [0.5, 0.6) is 0 Å². The number of ketones is 1. The van der Waals surface area contributed by atoms with E-state index >= 15 is 0 Å². The molecule has 1 N–H and O–H groups in total. The molecule has 8 heteroatoms. The SMILES string of the molecule is CN(C)CCCOC1=Cc2c(c3c4c(c(-c5ccccc5Cl)cc3n2C)C(=O)NC4=O)CC1=O. The number of amides is 2. The third-order valence-corrected chi connectivity index (χ3v) is 6.70. The molecule has 1 aromatic heterocycles. The molecule has 0 fully saturated rings. The highest BCUT2D eigenvalue weighted by atomic mass is 35.5. The van der Waals surface area contributed by atoms with Crippen LogP contribution in [0.25, 0.3) is 28.1 Å². The topological polar surface area (TPSA) is 80.6 Å². The molecule has 2 aliphatic rings. The second-order valence-corrected chi connectivity index (χ2v) is 9.28. The first-order valence-electron chi connectivity index (χ1n) is 11.1. The minimum atomic E-state index is -0.463. The fraction of sp³-hybridized carbons (Fsp3) is 0.269. The average molecular weight is 478 g/mol. The van der Waals surface area contributed by atoms with Crippen LogP contribution in [0.1, 0.15) is 38.4 Å². The number of imide groups is 1. The number of benzene rings is 2. The molecule has 2 amide bonds. The third kappa shape index (κ3) is 3.52. The average Bonchev–Trinajstić information content (AvgIpc) is 3.24. The Balaban J connectivity index is 1.69. The van der Waals surface area contributed by atoms with Gasteiger partial charge in [0.2, 0.25) is 5.78 Å². The van der Waals surface area contributed by atoms with Gasteiger partial charge in [0, 0.05) is 53.3 Å². The summed E-state index contributed by atoms with van der Waals surface area (Å²) in [6, 6.07) is 9.10. The molecule has 0 saturated heterocycles. The van der Waals surface area contributed by atoms with Gasteiger partial charge >= 0.3 is 0 Å². The summed E-state index contributed by atoms with van der Waals surface area (Å²) in [6.45, 7) is 1.30. The normalized spacial score (nSPS) is 15.0. The molecular weight excluding hydrogens is 454 g/mol. The molecule has 0 spiro atoms. The number of aryl methyl sites for hydroxylation is 1. The molecule has 1 aliphatic heterocycles. The molecule has 34 heavy (non-hydrogen) atoms. The van der Waals surface area contributed by atoms with E-state index < -0.39 is 11.8 Å². The van der Waals surface area contributed by atoms with Gasteiger partial charge in [-0.1, -0.05) is 29.8 Å². The first-order valence-corrected chi connectivity index (χ1v) is 11.5. The minimum Gasteiger partial charge on any atom is -0.490 e. The van der Waals surface area contributed by atoms with Gasteiger partial charge in [-0.3, -0.25) is 19.7 Å². The Morgan fingerprint density at radius 2 is 1.82 bits per heavy atom. The van der Waals surface area contributed by atoms with Gasteiger partial charge in [0.05, 0.1) is 17.7 Å². The van der Waals surface area contributed by atoms with Crippen LogP contribution in [0.3, 0.4) is 0 Å². The maximum Gasteiger partial charge on any atom is 0.259 e. The molecule has 0 bridgehead atoms. The summed E-state index contributed by atoms with van der Waals surface area (Å²) in [5.41, 5.74) is 4.12. The molecule has 2 aromatic carbocycles. The second-order valence-electron chi connectivity index (χ2n) is 8.87. The lowest BCUT2D eigenvalue weighted by Crippen LogP contribution is -2.20. The Kier molecular flexibility index (Phi) is 5.54. The number of nitrogens with zero attached hydrogens (tertiary/aromatic N) is 2. The van der Waals surface area contributed by atoms with Crippen LogP contribution in [0, 0.1) is 0 Å². The number of aromatic nitrogens is 1. The van der Waals surface area contributed by atoms with Gasteiger partial charge in [-0.25, -0.2) is 0 Å². The van der Waals surface area contributed by atoms with E-state index in [1.165, 1.54) is 0 Å². The van der Waals surface area contributed by atoms with Gasteiger partial charge in [-0.05, 0) is 43.8 Å². The number of carbonyl (C=O) groups excluding carboxylic acids is 3. The monoisotopic (exact) mass is 477 g/mol. The molecule has 0 atom stereocenters. The number of nitrogens with one attached hydrogen (secondary N) is 1. The lowest BCUT2D eigenvalue weighted by Gasteiger charge is -2.16. The van der Waals surface area contributed by atoms with Crippen molar-refractivity contribution in [1.29, 1.82) is 0 Å². The second kappa shape index (κ2) is 8.42. The van der Waals surface area contributed by atoms with Gasteiger partial charge in [0.1, 0.15) is 0 Å². The summed E-state index contributed by atoms with van der Waals surface area (Å²) in [6.07, 6.45) is 2.65. The summed E-state index contributed by atoms with van der Waals surface area (Å²) >= 11 is 6.46. The maximum atomic E-state index is 12.9. The zero-order chi connectivity index (χ0) is 24.1. The van der Waals surface area contributed by atoms with Crippen LogP contribution in [0.4, 0.5) is 0 Å². The number of ether oxygens (including phenoxy) is 1. The number of Topliss-reactive ketones (excluding diaryl/α,β-unsaturated/α-hetero) is 1. The molecule has 0 radical (unpaired) electrons. The van der Waals surface area contributed by atoms with Crippen LogP contribution in [-0.4, -0.2) is 54.3 Å². The Labute approximate surface area is 201 Å². The van der Waals surface area contributed by atoms with Crippen molar-refractivity contribution in [3.8, 4) is 11.1 Å². The quantitative estimate of drug-likeness (QED) is 0.431. The Hall–Kier alpha value is -3.42. The van der Waals surface area contributed by atoms with Gasteiger partial charge in [0.25, 0.3) is 11.8 Å². The summed E-state index contributed by atoms with van der Waals surface area (Å²) in [5.74, 6) is -0.745. The first kappa shape index (κ1) is 22.4. The molecule has 7 nitrogen and oxygen atoms in total. The molecule has 2 heterocycles. The molecule has 5 rings (SSSR count). The predicted octanol–water partition coefficient (Wildman–Crippen LogP) is 3.82. The van der Waals surface area contributed by atoms with Crippen LogP contribution in [0.2, 0.25) is 5.02 Å². The number of hydrogen-bond acceptors (Lipinski definition) is 5. The molecule has 174 valence electrons. The fourth-order valence-electron chi connectivity index (χ4n) is 4.78. The highest BCUT2D eigenvalue weighted by Gasteiger charge is 2.37. The number of rotatable bonds is 6. The Bertz CT molecular complexity index is 1420. The van der Waals surface area contributed by atoms with Crippen LogP contribution in [0.15, 0.2) is 36.1 Å². The zero-order valence-corrected chi connectivity index (χ0v) is 20.0. The standard InChI is InChI=1S/C26H24ClN3O4/c1-29(2)9-6-10-34-21-13-18-16(12-20(21)31)22-19(30(18)3)11-15(14-7-4-5-8-17(14)27)23-24(22)26(33)28-25(23)32/h4-5,7-8,11,13H,6,9-10,12H2,1-3H3,(H,28,32,33). The van der Waals surface area contributed by atoms with E-state index in [9.17, 15) is 14.4 Å². The summed E-state index contributed by atoms with van der Waals surface area (Å²) in [7, 11) is 5.86. The van der Waals surface area contributed by atoms with E-state index in [4.69, 9.17) is 16.3 Å². The fourth-order valence-corrected chi connectivity index (χ4v) is 5.02. The minimum absolute atomic E-state index is 0.103. The maximum absolute atomic E-state index is 12.9. The van der Waals surface area contributed by atoms with E-state index in [2.05, 4.69) is 10.2 Å². The smallest absolute Gasteiger partial charge is 0.259 e. The van der Waals surface area contributed by atoms with Crippen molar-refractivity contribution < 1.29 is 19.1 Å². The Morgan fingerprint density at radius 1 is 1.09 bits per heavy atom. The van der Waals surface area contributed by atoms with Crippen LogP contribution < -0.4 is 5.32 Å². The molecule has 3 aromatic rings. The number of fused-ring (bicyclic) bond motifs is 5. The van der Waals surface area contributed by atoms with E-state index in [0.29, 0.717) is 45.0 Å². The number of halogens is 1. The highest BCUT2D eigenvalue weighted by molar-refractivity contribution is 6.35. The largest absolute Gasteiger partial charge is 0.490 e. The van der Waals surface area contributed by atoms with E-state index in [1.807, 2.05) is 50.0 Å². The van der Waals surface area contributed by atoms with Crippen molar-refractivity contribution in [3.63, 3.8) is 0 Å². The molecular formula is C26H24ClN3O4. The summed E-state index contributed by atoms with van der Waals surface area (Å²) in [4.78, 5) is 40.7. The summed E-state index contributed by atoms with van der Waals surface area (Å²) in [5, 5.41) is 3.54. The number of hydrogen-bond donors (Lipinski definition) is 1. The van der Waals surface area contributed by atoms with Crippen molar-refractivity contribution in [3.05, 3.63) is 63.5 Å². The lowest BCUT2D eigenvalue weighted by atomic mass is 9.90. The predicted molar refractivity (Wildman–Crippen MR) is 131 cm³/mol. The zero-order valence-electron chi connectivity index (χ0n) is 19.2. The Morgan fingerprint density at radius 3 is 2.56 bits per heavy atom. The lowest BCUT2D eigenvalue weighted by molar-refractivity contribution is -0.118. The summed E-state index contributed by atoms with van der Waals surface area (Å²) < 4.78 is 7.76. The van der Waals surface area contributed by atoms with Crippen molar-refractivity contribution in [1.82, 2.24) is 14.8 Å². The van der Waals surface area contributed by atoms with Gasteiger partial charge in [-0.15, -0.1) is 0 Å². The molecule has 0 unspecified atom stereocenters. The van der Waals surface area contributed by atoms with Crippen LogP contribution in [-0.2, 0) is 23.0 Å². The highest BCUT2D eigenvalue weighted by Crippen LogP contribution is 2.42. The van der Waals surface area contributed by atoms with E-state index in [1.54, 1.807) is 12.1 Å². The van der Waals surface area contributed by atoms with Crippen LogP contribution >= 0.6 is 11.6 Å². The van der Waals surface area contributed by atoms with Crippen molar-refractivity contribution in [2.24, 2.45) is 7.05 Å². The first-order chi connectivity index (χ1) is 16.3. The van der Waals surface area contributed by atoms with Crippen molar-refractivity contribution in [2.45, 2.75) is 12.8 Å². The number of carbonyl (C=O) groups is 3. The molecule has 0 saturated carbocycles. The number of allylic oxidation sites excluding steroid dienone is 1. The van der Waals surface area contributed by atoms with Crippen molar-refractivity contribution >= 4 is 46.2 Å². The van der Waals surface area contributed by atoms with Gasteiger partial charge < -0.3 is 14.2 Å². The van der Waals surface area contributed by atoms with E-state index in [0.717, 1.165) is 29.7 Å². The molecule has 1 aliphatic carbocycles. The van der Waals surface area contributed by atoms with Crippen molar-refractivity contribution in [2.75, 3.05) is 27.2 Å². The third-order valence-electron chi connectivity index (χ3n) is 6.37. The van der Waals surface area contributed by atoms with Gasteiger partial charge in [0.15, 0.2) is 5.76 Å².